The molecule has 6 nitrogen and oxygen atoms in total. The lowest BCUT2D eigenvalue weighted by Gasteiger charge is -2.22. The molecule has 0 radical (unpaired) electrons. The van der Waals surface area contributed by atoms with Crippen LogP contribution in [0.2, 0.25) is 5.02 Å². The molecule has 8 heteroatoms. The maximum absolute atomic E-state index is 11.7. The fourth-order valence-corrected chi connectivity index (χ4v) is 2.42. The van der Waals surface area contributed by atoms with Gasteiger partial charge in [0, 0.05) is 5.02 Å². The number of nitrogens with one attached hydrogen (secondary N) is 1. The van der Waals surface area contributed by atoms with Crippen LogP contribution >= 0.6 is 11.6 Å². The SMILES string of the molecule is CC(C)(C)OC(=O)NCC(OS(C)(=O)=O)c1cccc(Cl)c1. The van der Waals surface area contributed by atoms with E-state index in [1.54, 1.807) is 45.0 Å². The van der Waals surface area contributed by atoms with Crippen molar-refractivity contribution in [2.24, 2.45) is 0 Å². The van der Waals surface area contributed by atoms with Crippen LogP contribution in [0.4, 0.5) is 4.79 Å². The lowest BCUT2D eigenvalue weighted by Crippen LogP contribution is -2.35. The van der Waals surface area contributed by atoms with Gasteiger partial charge in [-0.25, -0.2) is 4.79 Å². The average Bonchev–Trinajstić information content (AvgIpc) is 2.31. The summed E-state index contributed by atoms with van der Waals surface area (Å²) in [5.41, 5.74) is -0.109. The second kappa shape index (κ2) is 7.30. The van der Waals surface area contributed by atoms with Gasteiger partial charge in [0.15, 0.2) is 0 Å². The Bertz CT molecular complexity index is 624. The topological polar surface area (TPSA) is 81.7 Å². The van der Waals surface area contributed by atoms with Crippen molar-refractivity contribution in [3.05, 3.63) is 34.9 Å². The first-order chi connectivity index (χ1) is 9.96. The number of rotatable bonds is 5. The maximum atomic E-state index is 11.7. The number of hydrogen-bond acceptors (Lipinski definition) is 5. The fraction of sp³-hybridized carbons (Fsp3) is 0.500. The van der Waals surface area contributed by atoms with Crippen LogP contribution in [0.15, 0.2) is 24.3 Å². The van der Waals surface area contributed by atoms with E-state index in [0.29, 0.717) is 10.6 Å². The van der Waals surface area contributed by atoms with Crippen molar-refractivity contribution in [1.29, 1.82) is 0 Å². The van der Waals surface area contributed by atoms with E-state index >= 15 is 0 Å². The predicted octanol–water partition coefficient (Wildman–Crippen LogP) is 2.88. The molecule has 0 saturated heterocycles. The molecule has 1 aromatic rings. The van der Waals surface area contributed by atoms with Crippen LogP contribution in [0.3, 0.4) is 0 Å². The Morgan fingerprint density at radius 3 is 2.50 bits per heavy atom. The molecule has 0 fully saturated rings. The molecule has 22 heavy (non-hydrogen) atoms. The number of carbonyl (C=O) groups is 1. The highest BCUT2D eigenvalue weighted by molar-refractivity contribution is 7.86. The van der Waals surface area contributed by atoms with Crippen LogP contribution in [0.5, 0.6) is 0 Å². The van der Waals surface area contributed by atoms with Gasteiger partial charge in [-0.05, 0) is 38.5 Å². The van der Waals surface area contributed by atoms with Crippen LogP contribution in [-0.4, -0.2) is 32.9 Å². The first kappa shape index (κ1) is 18.7. The zero-order chi connectivity index (χ0) is 17.0. The van der Waals surface area contributed by atoms with E-state index in [-0.39, 0.29) is 6.54 Å². The molecular formula is C14H20ClNO5S. The van der Waals surface area contributed by atoms with Crippen LogP contribution < -0.4 is 5.32 Å². The minimum Gasteiger partial charge on any atom is -0.444 e. The van der Waals surface area contributed by atoms with Crippen LogP contribution in [0.1, 0.15) is 32.4 Å². The predicted molar refractivity (Wildman–Crippen MR) is 84.4 cm³/mol. The molecule has 0 aliphatic heterocycles. The molecule has 1 rings (SSSR count). The lowest BCUT2D eigenvalue weighted by molar-refractivity contribution is 0.0502. The quantitative estimate of drug-likeness (QED) is 0.826. The minimum atomic E-state index is -3.70. The smallest absolute Gasteiger partial charge is 0.407 e. The average molecular weight is 350 g/mol. The van der Waals surface area contributed by atoms with Crippen molar-refractivity contribution in [1.82, 2.24) is 5.32 Å². The van der Waals surface area contributed by atoms with Gasteiger partial charge in [-0.3, -0.25) is 4.18 Å². The highest BCUT2D eigenvalue weighted by Gasteiger charge is 2.21. The molecule has 1 atom stereocenters. The minimum absolute atomic E-state index is 0.0671. The number of benzene rings is 1. The second-order valence-corrected chi connectivity index (χ2v) is 7.76. The molecule has 124 valence electrons. The van der Waals surface area contributed by atoms with Crippen molar-refractivity contribution in [2.45, 2.75) is 32.5 Å². The Kier molecular flexibility index (Phi) is 6.22. The summed E-state index contributed by atoms with van der Waals surface area (Å²) in [4.78, 5) is 11.7. The molecule has 0 spiro atoms. The van der Waals surface area contributed by atoms with Crippen molar-refractivity contribution < 1.29 is 22.1 Å². The summed E-state index contributed by atoms with van der Waals surface area (Å²) in [6.45, 7) is 5.12. The van der Waals surface area contributed by atoms with E-state index in [1.165, 1.54) is 0 Å². The summed E-state index contributed by atoms with van der Waals surface area (Å²) in [7, 11) is -3.70. The standard InChI is InChI=1S/C14H20ClNO5S/c1-14(2,3)20-13(17)16-9-12(21-22(4,18)19)10-6-5-7-11(15)8-10/h5-8,12H,9H2,1-4H3,(H,16,17). The number of carbonyl (C=O) groups excluding carboxylic acids is 1. The molecule has 1 N–H and O–H groups in total. The summed E-state index contributed by atoms with van der Waals surface area (Å²) in [6.07, 6.45) is -0.601. The first-order valence-corrected chi connectivity index (χ1v) is 8.76. The van der Waals surface area contributed by atoms with E-state index in [2.05, 4.69) is 5.32 Å². The number of ether oxygens (including phenoxy) is 1. The molecule has 0 aromatic heterocycles. The summed E-state index contributed by atoms with van der Waals surface area (Å²) >= 11 is 5.89. The van der Waals surface area contributed by atoms with E-state index in [1.807, 2.05) is 0 Å². The molecule has 1 aromatic carbocycles. The summed E-state index contributed by atoms with van der Waals surface area (Å²) in [6, 6.07) is 6.57. The monoisotopic (exact) mass is 349 g/mol. The molecule has 1 unspecified atom stereocenters. The number of hydrogen-bond donors (Lipinski definition) is 1. The normalized spacial score (nSPS) is 13.5. The van der Waals surface area contributed by atoms with Gasteiger partial charge in [0.1, 0.15) is 11.7 Å². The number of halogens is 1. The Labute approximate surface area is 135 Å². The molecular weight excluding hydrogens is 330 g/mol. The molecule has 0 heterocycles. The highest BCUT2D eigenvalue weighted by atomic mass is 35.5. The van der Waals surface area contributed by atoms with Gasteiger partial charge in [0.2, 0.25) is 0 Å². The van der Waals surface area contributed by atoms with E-state index in [9.17, 15) is 13.2 Å². The highest BCUT2D eigenvalue weighted by Crippen LogP contribution is 2.22. The maximum Gasteiger partial charge on any atom is 0.407 e. The van der Waals surface area contributed by atoms with Gasteiger partial charge >= 0.3 is 6.09 Å². The third-order valence-electron chi connectivity index (χ3n) is 2.34. The van der Waals surface area contributed by atoms with Gasteiger partial charge in [-0.1, -0.05) is 23.7 Å². The Morgan fingerprint density at radius 2 is 2.00 bits per heavy atom. The second-order valence-electron chi connectivity index (χ2n) is 5.73. The summed E-state index contributed by atoms with van der Waals surface area (Å²) < 4.78 is 32.8. The van der Waals surface area contributed by atoms with Crippen LogP contribution in [0, 0.1) is 0 Å². The van der Waals surface area contributed by atoms with Crippen molar-refractivity contribution >= 4 is 27.8 Å². The van der Waals surface area contributed by atoms with Gasteiger partial charge in [-0.15, -0.1) is 0 Å². The van der Waals surface area contributed by atoms with Crippen LogP contribution in [0.25, 0.3) is 0 Å². The van der Waals surface area contributed by atoms with Crippen molar-refractivity contribution in [3.8, 4) is 0 Å². The zero-order valence-electron chi connectivity index (χ0n) is 12.9. The summed E-state index contributed by atoms with van der Waals surface area (Å²) in [5, 5.41) is 2.93. The van der Waals surface area contributed by atoms with Crippen molar-refractivity contribution in [3.63, 3.8) is 0 Å². The van der Waals surface area contributed by atoms with Crippen LogP contribution in [-0.2, 0) is 19.0 Å². The molecule has 0 aliphatic carbocycles. The van der Waals surface area contributed by atoms with Crippen molar-refractivity contribution in [2.75, 3.05) is 12.8 Å². The van der Waals surface area contributed by atoms with Gasteiger partial charge < -0.3 is 10.1 Å². The lowest BCUT2D eigenvalue weighted by atomic mass is 10.1. The summed E-state index contributed by atoms with van der Waals surface area (Å²) in [5.74, 6) is 0. The van der Waals surface area contributed by atoms with Gasteiger partial charge in [0.05, 0.1) is 12.8 Å². The molecule has 0 aliphatic rings. The number of amides is 1. The fourth-order valence-electron chi connectivity index (χ4n) is 1.62. The van der Waals surface area contributed by atoms with E-state index in [0.717, 1.165) is 6.26 Å². The third-order valence-corrected chi connectivity index (χ3v) is 3.16. The number of alkyl carbamates (subject to hydrolysis) is 1. The largest absolute Gasteiger partial charge is 0.444 e. The Balaban J connectivity index is 2.82. The molecule has 0 bridgehead atoms. The Morgan fingerprint density at radius 1 is 1.36 bits per heavy atom. The van der Waals surface area contributed by atoms with E-state index < -0.39 is 27.9 Å². The van der Waals surface area contributed by atoms with Gasteiger partial charge in [-0.2, -0.15) is 8.42 Å². The zero-order valence-corrected chi connectivity index (χ0v) is 14.5. The third kappa shape index (κ3) is 7.63. The first-order valence-electron chi connectivity index (χ1n) is 6.57. The van der Waals surface area contributed by atoms with Gasteiger partial charge in [0.25, 0.3) is 10.1 Å². The Hall–Kier alpha value is -1.31. The molecule has 0 saturated carbocycles. The van der Waals surface area contributed by atoms with E-state index in [4.69, 9.17) is 20.5 Å². The molecule has 1 amide bonds.